The molecule has 9 aromatic carbocycles. The van der Waals surface area contributed by atoms with Gasteiger partial charge in [-0.05, 0) is 220 Å². The first-order valence-corrected chi connectivity index (χ1v) is 30.8. The van der Waals surface area contributed by atoms with E-state index in [-0.39, 0.29) is 0 Å². The molecule has 1 aliphatic rings. The molecular weight excluding hydrogens is 967 g/mol. The SMILES string of the molecule is CCCCCCc1c#cc(-c2cc(-c3ccc(CCCCCC)cc3)cc(-c3cc(-c4cc(-c5ccc(CCCCCC)cc5)cc(-c5ccc(CCCCCC)cc5)c4)cc(N4c5ccccc5Oc5ccccc54)c3)c2)cc1. The van der Waals surface area contributed by atoms with Crippen LogP contribution in [-0.2, 0) is 25.7 Å². The molecule has 0 fully saturated rings. The summed E-state index contributed by atoms with van der Waals surface area (Å²) in [6.45, 7) is 9.14. The Morgan fingerprint density at radius 1 is 0.300 bits per heavy atom. The van der Waals surface area contributed by atoms with E-state index in [0.29, 0.717) is 0 Å². The normalized spacial score (nSPS) is 11.7. The van der Waals surface area contributed by atoms with Crippen molar-refractivity contribution in [3.63, 3.8) is 0 Å². The zero-order valence-corrected chi connectivity index (χ0v) is 48.4. The maximum atomic E-state index is 6.63. The van der Waals surface area contributed by atoms with Crippen molar-refractivity contribution in [3.05, 3.63) is 222 Å². The van der Waals surface area contributed by atoms with E-state index in [0.717, 1.165) is 82.1 Å². The molecule has 10 rings (SSSR count). The van der Waals surface area contributed by atoms with E-state index in [1.165, 1.54) is 164 Å². The molecule has 0 aliphatic carbocycles. The first-order valence-electron chi connectivity index (χ1n) is 30.8. The molecule has 1 aliphatic heterocycles. The quantitative estimate of drug-likeness (QED) is 0.0476. The fourth-order valence-corrected chi connectivity index (χ4v) is 11.6. The largest absolute Gasteiger partial charge is 0.453 e. The molecule has 0 spiro atoms. The number of para-hydroxylation sites is 4. The van der Waals surface area contributed by atoms with Crippen molar-refractivity contribution >= 4 is 17.1 Å². The van der Waals surface area contributed by atoms with Gasteiger partial charge in [-0.15, -0.1) is 0 Å². The third-order valence-corrected chi connectivity index (χ3v) is 16.4. The molecule has 0 saturated carbocycles. The number of anilines is 3. The summed E-state index contributed by atoms with van der Waals surface area (Å²) in [5, 5.41) is 0. The van der Waals surface area contributed by atoms with Crippen molar-refractivity contribution in [3.8, 4) is 78.3 Å². The molecular formula is C78H83NO. The highest BCUT2D eigenvalue weighted by atomic mass is 16.5. The van der Waals surface area contributed by atoms with Gasteiger partial charge >= 0.3 is 0 Å². The van der Waals surface area contributed by atoms with Crippen molar-refractivity contribution in [2.24, 2.45) is 0 Å². The van der Waals surface area contributed by atoms with Gasteiger partial charge in [-0.3, -0.25) is 0 Å². The van der Waals surface area contributed by atoms with E-state index < -0.39 is 0 Å². The lowest BCUT2D eigenvalue weighted by Gasteiger charge is -2.33. The summed E-state index contributed by atoms with van der Waals surface area (Å²) >= 11 is 0. The Morgan fingerprint density at radius 3 is 1.02 bits per heavy atom. The van der Waals surface area contributed by atoms with Crippen LogP contribution in [0.2, 0.25) is 0 Å². The van der Waals surface area contributed by atoms with Gasteiger partial charge in [0.1, 0.15) is 0 Å². The van der Waals surface area contributed by atoms with Crippen molar-refractivity contribution in [1.29, 1.82) is 0 Å². The summed E-state index contributed by atoms with van der Waals surface area (Å²) in [7, 11) is 0. The summed E-state index contributed by atoms with van der Waals surface area (Å²) in [6, 6.07) is 78.5. The minimum absolute atomic E-state index is 0.837. The van der Waals surface area contributed by atoms with Crippen LogP contribution in [0.4, 0.5) is 17.1 Å². The fourth-order valence-electron chi connectivity index (χ4n) is 11.6. The van der Waals surface area contributed by atoms with E-state index in [2.05, 4.69) is 233 Å². The lowest BCUT2D eigenvalue weighted by molar-refractivity contribution is 0.477. The van der Waals surface area contributed by atoms with E-state index in [1.807, 2.05) is 0 Å². The van der Waals surface area contributed by atoms with Crippen LogP contribution < -0.4 is 9.64 Å². The summed E-state index contributed by atoms with van der Waals surface area (Å²) < 4.78 is 6.63. The third-order valence-electron chi connectivity index (χ3n) is 16.4. The molecule has 0 amide bonds. The van der Waals surface area contributed by atoms with Crippen molar-refractivity contribution in [1.82, 2.24) is 0 Å². The predicted molar refractivity (Wildman–Crippen MR) is 343 cm³/mol. The number of fused-ring (bicyclic) bond motifs is 2. The molecule has 0 atom stereocenters. The standard InChI is InChI=1S/C78H83NO/c1-5-9-13-17-25-58-33-41-62(42-34-58)66-49-67(63-43-35-59(36-44-63)26-18-14-10-6-2)52-70(51-66)72-55-73(57-74(56-72)79-75-29-21-23-31-77(75)80-78-32-24-22-30-76(78)79)71-53-68(64-45-37-60(38-46-64)27-19-15-11-7-3)50-69(54-71)65-47-39-61(40-48-65)28-20-16-12-8-4/h21-24,29-39,41-47,49-57H,5-20,25-28H2,1-4H3. The molecule has 1 heterocycles. The number of benzene rings is 8. The minimum Gasteiger partial charge on any atom is -0.453 e. The van der Waals surface area contributed by atoms with Crippen LogP contribution in [0.25, 0.3) is 66.8 Å². The van der Waals surface area contributed by atoms with Crippen LogP contribution in [0.15, 0.2) is 188 Å². The fraction of sp³-hybridized carbons (Fsp3) is 0.308. The van der Waals surface area contributed by atoms with E-state index in [1.54, 1.807) is 0 Å². The minimum atomic E-state index is 0.837. The molecule has 0 unspecified atom stereocenters. The molecule has 0 aromatic heterocycles. The Kier molecular flexibility index (Phi) is 19.5. The highest BCUT2D eigenvalue weighted by Crippen LogP contribution is 2.52. The van der Waals surface area contributed by atoms with Crippen molar-refractivity contribution in [2.75, 3.05) is 4.90 Å². The average Bonchev–Trinajstić information content (AvgIpc) is 3.62. The molecule has 2 heteroatoms. The first kappa shape index (κ1) is 55.7. The Morgan fingerprint density at radius 2 is 0.650 bits per heavy atom. The van der Waals surface area contributed by atoms with Gasteiger partial charge in [0.05, 0.1) is 11.4 Å². The zero-order valence-electron chi connectivity index (χ0n) is 48.4. The van der Waals surface area contributed by atoms with Gasteiger partial charge in [0, 0.05) is 16.8 Å². The summed E-state index contributed by atoms with van der Waals surface area (Å²) in [5.41, 5.74) is 22.6. The van der Waals surface area contributed by atoms with Gasteiger partial charge in [-0.25, -0.2) is 0 Å². The molecule has 9 aromatic rings. The number of unbranched alkanes of at least 4 members (excludes halogenated alkanes) is 12. The summed E-state index contributed by atoms with van der Waals surface area (Å²) in [5.74, 6) is 1.67. The topological polar surface area (TPSA) is 12.5 Å². The number of ether oxygens (including phenoxy) is 1. The third kappa shape index (κ3) is 14.2. The Labute approximate surface area is 481 Å². The number of rotatable bonds is 27. The maximum absolute atomic E-state index is 6.63. The molecule has 0 radical (unpaired) electrons. The van der Waals surface area contributed by atoms with Crippen LogP contribution in [0.1, 0.15) is 153 Å². The smallest absolute Gasteiger partial charge is 0.151 e. The molecule has 0 N–H and O–H groups in total. The second-order valence-electron chi connectivity index (χ2n) is 22.6. The van der Waals surface area contributed by atoms with Crippen LogP contribution in [0, 0.1) is 12.1 Å². The highest BCUT2D eigenvalue weighted by Gasteiger charge is 2.27. The maximum Gasteiger partial charge on any atom is 0.151 e. The molecule has 80 heavy (non-hydrogen) atoms. The van der Waals surface area contributed by atoms with Crippen molar-refractivity contribution < 1.29 is 4.74 Å². The highest BCUT2D eigenvalue weighted by molar-refractivity contribution is 5.92. The Balaban J connectivity index is 1.14. The van der Waals surface area contributed by atoms with E-state index in [9.17, 15) is 0 Å². The monoisotopic (exact) mass is 1050 g/mol. The van der Waals surface area contributed by atoms with Crippen LogP contribution >= 0.6 is 0 Å². The lowest BCUT2D eigenvalue weighted by Crippen LogP contribution is -2.15. The average molecular weight is 1050 g/mol. The number of hydrogen-bond acceptors (Lipinski definition) is 2. The second-order valence-corrected chi connectivity index (χ2v) is 22.6. The predicted octanol–water partition coefficient (Wildman–Crippen LogP) is 23.4. The van der Waals surface area contributed by atoms with Crippen molar-refractivity contribution in [2.45, 2.75) is 156 Å². The lowest BCUT2D eigenvalue weighted by atomic mass is 9.89. The van der Waals surface area contributed by atoms with E-state index in [4.69, 9.17) is 4.74 Å². The first-order chi connectivity index (χ1) is 39.5. The van der Waals surface area contributed by atoms with Crippen LogP contribution in [0.3, 0.4) is 0 Å². The molecule has 0 saturated heterocycles. The zero-order chi connectivity index (χ0) is 54.9. The van der Waals surface area contributed by atoms with E-state index >= 15 is 0 Å². The molecule has 2 nitrogen and oxygen atoms in total. The molecule has 406 valence electrons. The number of nitrogens with zero attached hydrogens (tertiary/aromatic N) is 1. The Bertz CT molecular complexity index is 3010. The van der Waals surface area contributed by atoms with Gasteiger partial charge < -0.3 is 9.64 Å². The van der Waals surface area contributed by atoms with Gasteiger partial charge in [-0.2, -0.15) is 0 Å². The Hall–Kier alpha value is -7.60. The van der Waals surface area contributed by atoms with Gasteiger partial charge in [0.15, 0.2) is 11.5 Å². The number of hydrogen-bond donors (Lipinski definition) is 0. The summed E-state index contributed by atoms with van der Waals surface area (Å²) in [4.78, 5) is 2.40. The van der Waals surface area contributed by atoms with Gasteiger partial charge in [-0.1, -0.05) is 214 Å². The van der Waals surface area contributed by atoms with Gasteiger partial charge in [0.2, 0.25) is 0 Å². The second kappa shape index (κ2) is 28.0. The van der Waals surface area contributed by atoms with Gasteiger partial charge in [0.25, 0.3) is 0 Å². The van der Waals surface area contributed by atoms with Crippen LogP contribution in [-0.4, -0.2) is 0 Å². The summed E-state index contributed by atoms with van der Waals surface area (Å²) in [6.07, 6.45) is 24.5. The van der Waals surface area contributed by atoms with Crippen LogP contribution in [0.5, 0.6) is 11.5 Å². The number of aryl methyl sites for hydroxylation is 4. The molecule has 0 bridgehead atoms.